The monoisotopic (exact) mass is 617 g/mol. The van der Waals surface area contributed by atoms with E-state index in [1.165, 1.54) is 34.1 Å². The lowest BCUT2D eigenvalue weighted by Crippen LogP contribution is -2.45. The van der Waals surface area contributed by atoms with E-state index in [4.69, 9.17) is 4.74 Å². The van der Waals surface area contributed by atoms with Crippen molar-refractivity contribution in [1.29, 1.82) is 0 Å². The summed E-state index contributed by atoms with van der Waals surface area (Å²) in [5.74, 6) is -0.807. The highest BCUT2D eigenvalue weighted by Gasteiger charge is 2.49. The maximum atomic E-state index is 13.9. The zero-order chi connectivity index (χ0) is 30.4. The van der Waals surface area contributed by atoms with Crippen molar-refractivity contribution in [3.8, 4) is 5.69 Å². The molecule has 0 amide bonds. The van der Waals surface area contributed by atoms with Crippen molar-refractivity contribution in [2.24, 2.45) is 11.3 Å². The van der Waals surface area contributed by atoms with Gasteiger partial charge in [-0.25, -0.2) is 17.5 Å². The Hall–Kier alpha value is -3.02. The Balaban J connectivity index is 1.28. The molecule has 2 fully saturated rings. The molecular weight excluding hydrogens is 582 g/mol. The lowest BCUT2D eigenvalue weighted by Gasteiger charge is -2.41. The maximum Gasteiger partial charge on any atom is 0.416 e. The van der Waals surface area contributed by atoms with Gasteiger partial charge in [-0.1, -0.05) is 30.7 Å². The van der Waals surface area contributed by atoms with Crippen molar-refractivity contribution in [1.82, 2.24) is 14.1 Å². The molecule has 0 N–H and O–H groups in total. The number of ether oxygens (including phenoxy) is 1. The van der Waals surface area contributed by atoms with Crippen LogP contribution in [0.25, 0.3) is 11.8 Å². The Kier molecular flexibility index (Phi) is 8.02. The Morgan fingerprint density at radius 2 is 1.91 bits per heavy atom. The number of alkyl halides is 3. The molecule has 2 heterocycles. The topological polar surface area (TPSA) is 64.4 Å². The number of hydrogen-bond acceptors (Lipinski definition) is 4. The fraction of sp³-hybridized carbons (Fsp3) is 0.469. The van der Waals surface area contributed by atoms with Crippen LogP contribution in [-0.2, 0) is 33.1 Å². The largest absolute Gasteiger partial charge is 0.416 e. The van der Waals surface area contributed by atoms with Crippen LogP contribution in [0.3, 0.4) is 0 Å². The highest BCUT2D eigenvalue weighted by atomic mass is 32.2. The third-order valence-corrected chi connectivity index (χ3v) is 11.2. The van der Waals surface area contributed by atoms with Crippen molar-refractivity contribution < 1.29 is 30.7 Å². The van der Waals surface area contributed by atoms with E-state index in [1.54, 1.807) is 12.1 Å². The summed E-state index contributed by atoms with van der Waals surface area (Å²) < 4.78 is 90.5. The van der Waals surface area contributed by atoms with Crippen LogP contribution < -0.4 is 0 Å². The average Bonchev–Trinajstić information content (AvgIpc) is 3.71. The molecule has 230 valence electrons. The third-order valence-electron chi connectivity index (χ3n) is 9.44. The van der Waals surface area contributed by atoms with Gasteiger partial charge in [0.25, 0.3) is 0 Å². The second-order valence-corrected chi connectivity index (χ2v) is 13.9. The molecule has 0 spiro atoms. The molecule has 2 unspecified atom stereocenters. The number of fused-ring (bicyclic) bond motifs is 2. The second kappa shape index (κ2) is 11.5. The molecule has 1 aliphatic heterocycles. The summed E-state index contributed by atoms with van der Waals surface area (Å²) in [4.78, 5) is 0. The number of allylic oxidation sites excluding steroid dienone is 1. The lowest BCUT2D eigenvalue weighted by atomic mass is 9.66. The summed E-state index contributed by atoms with van der Waals surface area (Å²) in [5, 5.41) is 4.60. The van der Waals surface area contributed by atoms with E-state index in [0.717, 1.165) is 61.2 Å². The number of aromatic nitrogens is 2. The van der Waals surface area contributed by atoms with Crippen LogP contribution in [0.5, 0.6) is 0 Å². The molecule has 6 nitrogen and oxygen atoms in total. The van der Waals surface area contributed by atoms with Gasteiger partial charge in [-0.05, 0) is 97.4 Å². The summed E-state index contributed by atoms with van der Waals surface area (Å²) in [6, 6.07) is 10.8. The van der Waals surface area contributed by atoms with Crippen molar-refractivity contribution in [3.63, 3.8) is 0 Å². The quantitative estimate of drug-likeness (QED) is 0.248. The number of nitrogens with zero attached hydrogens (tertiary/aromatic N) is 3. The summed E-state index contributed by atoms with van der Waals surface area (Å²) >= 11 is 0. The van der Waals surface area contributed by atoms with Gasteiger partial charge in [-0.3, -0.25) is 0 Å². The third kappa shape index (κ3) is 5.91. The van der Waals surface area contributed by atoms with E-state index in [-0.39, 0.29) is 41.9 Å². The molecule has 3 aliphatic rings. The van der Waals surface area contributed by atoms with E-state index in [9.17, 15) is 26.0 Å². The minimum Gasteiger partial charge on any atom is -0.377 e. The Morgan fingerprint density at radius 3 is 2.60 bits per heavy atom. The Bertz CT molecular complexity index is 1610. The molecule has 6 rings (SSSR count). The molecule has 0 radical (unpaired) electrons. The predicted octanol–water partition coefficient (Wildman–Crippen LogP) is 6.79. The van der Waals surface area contributed by atoms with Gasteiger partial charge >= 0.3 is 6.18 Å². The van der Waals surface area contributed by atoms with Crippen LogP contribution >= 0.6 is 0 Å². The number of halogens is 4. The summed E-state index contributed by atoms with van der Waals surface area (Å²) in [5.41, 5.74) is 3.02. The van der Waals surface area contributed by atoms with Crippen molar-refractivity contribution in [2.45, 2.75) is 63.5 Å². The first-order valence-corrected chi connectivity index (χ1v) is 16.4. The van der Waals surface area contributed by atoms with Gasteiger partial charge in [0.15, 0.2) is 0 Å². The first-order valence-electron chi connectivity index (χ1n) is 14.8. The van der Waals surface area contributed by atoms with Gasteiger partial charge in [0.2, 0.25) is 10.0 Å². The van der Waals surface area contributed by atoms with Gasteiger partial charge in [0.05, 0.1) is 35.0 Å². The molecule has 1 aromatic heterocycles. The van der Waals surface area contributed by atoms with Crippen LogP contribution in [0.4, 0.5) is 17.6 Å². The Labute approximate surface area is 249 Å². The molecule has 1 saturated carbocycles. The number of benzene rings is 2. The molecule has 0 bridgehead atoms. The fourth-order valence-corrected chi connectivity index (χ4v) is 8.76. The minimum atomic E-state index is -4.55. The van der Waals surface area contributed by atoms with Crippen LogP contribution in [0.1, 0.15) is 61.4 Å². The first-order chi connectivity index (χ1) is 20.5. The van der Waals surface area contributed by atoms with Gasteiger partial charge in [-0.15, -0.1) is 0 Å². The maximum absolute atomic E-state index is 13.9. The zero-order valence-corrected chi connectivity index (χ0v) is 24.8. The van der Waals surface area contributed by atoms with Crippen molar-refractivity contribution >= 4 is 16.1 Å². The normalized spacial score (nSPS) is 23.8. The van der Waals surface area contributed by atoms with Crippen molar-refractivity contribution in [2.75, 3.05) is 19.7 Å². The standard InChI is InChI=1S/C32H35F4N3O3S/c1-2-31-17-23-18-37-39(28-12-10-27(33)11-13-28)30(23)16-24(31)8-9-26(31)19-38(20-29-7-4-14-42-29)43(40,41)21-22-5-3-6-25(15-22)32(34,35)36/h3,5-6,10-13,15-16,18,26,29H,2,4,7-9,14,17,19-21H2,1H3/t26?,29?,31-/m0/s1. The smallest absolute Gasteiger partial charge is 0.377 e. The van der Waals surface area contributed by atoms with Crippen molar-refractivity contribution in [3.05, 3.63) is 88.5 Å². The fourth-order valence-electron chi connectivity index (χ4n) is 7.17. The van der Waals surface area contributed by atoms with Gasteiger partial charge in [0, 0.05) is 19.7 Å². The van der Waals surface area contributed by atoms with E-state index < -0.39 is 27.5 Å². The molecule has 3 atom stereocenters. The molecule has 11 heteroatoms. The number of rotatable bonds is 9. The molecule has 2 aromatic carbocycles. The van der Waals surface area contributed by atoms with E-state index in [0.29, 0.717) is 13.0 Å². The zero-order valence-electron chi connectivity index (χ0n) is 24.0. The molecule has 2 aliphatic carbocycles. The molecular formula is C32H35F4N3O3S. The first kappa shape index (κ1) is 30.0. The number of sulfonamides is 1. The molecule has 43 heavy (non-hydrogen) atoms. The van der Waals surface area contributed by atoms with Gasteiger partial charge in [-0.2, -0.15) is 22.6 Å². The van der Waals surface area contributed by atoms with E-state index >= 15 is 0 Å². The highest BCUT2D eigenvalue weighted by molar-refractivity contribution is 7.88. The second-order valence-electron chi connectivity index (χ2n) is 11.9. The lowest BCUT2D eigenvalue weighted by molar-refractivity contribution is -0.137. The average molecular weight is 618 g/mol. The van der Waals surface area contributed by atoms with Crippen LogP contribution in [0.2, 0.25) is 0 Å². The van der Waals surface area contributed by atoms with E-state index in [1.807, 2.05) is 10.9 Å². The molecule has 1 saturated heterocycles. The van der Waals surface area contributed by atoms with Crippen LogP contribution in [0.15, 0.2) is 60.3 Å². The van der Waals surface area contributed by atoms with Crippen LogP contribution in [0, 0.1) is 17.2 Å². The van der Waals surface area contributed by atoms with Gasteiger partial charge < -0.3 is 4.74 Å². The van der Waals surface area contributed by atoms with Gasteiger partial charge in [0.1, 0.15) is 5.82 Å². The van der Waals surface area contributed by atoms with Crippen LogP contribution in [-0.4, -0.2) is 48.3 Å². The SMILES string of the molecule is CC[C@]12Cc3cnn(-c4ccc(F)cc4)c3C=C1CCC2CN(CC1CCCO1)S(=O)(=O)Cc1cccc(C(F)(F)F)c1. The Morgan fingerprint density at radius 1 is 1.12 bits per heavy atom. The summed E-state index contributed by atoms with van der Waals surface area (Å²) in [7, 11) is -3.96. The molecule has 3 aromatic rings. The van der Waals surface area contributed by atoms with E-state index in [2.05, 4.69) is 18.1 Å². The highest BCUT2D eigenvalue weighted by Crippen LogP contribution is 2.55. The summed E-state index contributed by atoms with van der Waals surface area (Å²) in [6.45, 7) is 3.16. The predicted molar refractivity (Wildman–Crippen MR) is 155 cm³/mol. The summed E-state index contributed by atoms with van der Waals surface area (Å²) in [6.07, 6.45) is 3.94. The number of hydrogen-bond donors (Lipinski definition) is 0. The minimum absolute atomic E-state index is 0.0174.